The van der Waals surface area contributed by atoms with Gasteiger partial charge >= 0.3 is 0 Å². The van der Waals surface area contributed by atoms with Crippen molar-refractivity contribution in [2.24, 2.45) is 0 Å². The van der Waals surface area contributed by atoms with E-state index in [1.54, 1.807) is 0 Å². The van der Waals surface area contributed by atoms with Gasteiger partial charge in [-0.15, -0.1) is 0 Å². The van der Waals surface area contributed by atoms with E-state index in [2.05, 4.69) is 6.07 Å². The molecule has 2 aliphatic rings. The SMILES string of the molecule is CCOCCOc1ccc2c(c1)COCC1=C2C=C(C=O)C=CC1. The number of carbonyl (C=O) groups is 1. The van der Waals surface area contributed by atoms with Crippen molar-refractivity contribution in [1.29, 1.82) is 0 Å². The van der Waals surface area contributed by atoms with Crippen molar-refractivity contribution in [2.45, 2.75) is 20.0 Å². The number of aldehydes is 1. The summed E-state index contributed by atoms with van der Waals surface area (Å²) in [7, 11) is 0. The summed E-state index contributed by atoms with van der Waals surface area (Å²) in [4.78, 5) is 11.2. The van der Waals surface area contributed by atoms with Crippen molar-refractivity contribution in [2.75, 3.05) is 26.4 Å². The molecule has 1 heterocycles. The molecule has 1 aromatic carbocycles. The van der Waals surface area contributed by atoms with Crippen LogP contribution >= 0.6 is 0 Å². The zero-order valence-corrected chi connectivity index (χ0v) is 13.9. The Bertz CT molecular complexity index is 698. The lowest BCUT2D eigenvalue weighted by molar-refractivity contribution is -0.104. The molecular weight excluding hydrogens is 304 g/mol. The van der Waals surface area contributed by atoms with Gasteiger partial charge in [-0.3, -0.25) is 4.79 Å². The summed E-state index contributed by atoms with van der Waals surface area (Å²) in [5.41, 5.74) is 5.17. The second-order valence-corrected chi connectivity index (χ2v) is 5.74. The van der Waals surface area contributed by atoms with Gasteiger partial charge in [0, 0.05) is 12.2 Å². The molecular formula is C20H22O4. The second kappa shape index (κ2) is 8.08. The number of fused-ring (bicyclic) bond motifs is 2. The minimum Gasteiger partial charge on any atom is -0.491 e. The number of benzene rings is 1. The van der Waals surface area contributed by atoms with Crippen molar-refractivity contribution in [3.05, 3.63) is 58.7 Å². The Morgan fingerprint density at radius 2 is 2.17 bits per heavy atom. The molecule has 1 aromatic rings. The lowest BCUT2D eigenvalue weighted by Crippen LogP contribution is -2.06. The fourth-order valence-electron chi connectivity index (χ4n) is 2.93. The normalized spacial score (nSPS) is 16.6. The van der Waals surface area contributed by atoms with Crippen molar-refractivity contribution >= 4 is 11.9 Å². The summed E-state index contributed by atoms with van der Waals surface area (Å²) in [6, 6.07) is 6.04. The Hall–Kier alpha value is -2.17. The highest BCUT2D eigenvalue weighted by Crippen LogP contribution is 2.34. The first-order chi connectivity index (χ1) is 11.8. The number of rotatable bonds is 6. The van der Waals surface area contributed by atoms with Crippen molar-refractivity contribution < 1.29 is 19.0 Å². The Labute approximate surface area is 142 Å². The van der Waals surface area contributed by atoms with Crippen LogP contribution in [0.5, 0.6) is 5.75 Å². The van der Waals surface area contributed by atoms with Gasteiger partial charge in [0.15, 0.2) is 0 Å². The number of ether oxygens (including phenoxy) is 3. The van der Waals surface area contributed by atoms with Gasteiger partial charge < -0.3 is 14.2 Å². The average Bonchev–Trinajstić information content (AvgIpc) is 2.90. The number of allylic oxidation sites excluding steroid dienone is 5. The van der Waals surface area contributed by atoms with Crippen molar-refractivity contribution in [3.8, 4) is 5.75 Å². The minimum absolute atomic E-state index is 0.528. The highest BCUT2D eigenvalue weighted by Gasteiger charge is 2.18. The fraction of sp³-hybridized carbons (Fsp3) is 0.350. The maximum atomic E-state index is 11.2. The summed E-state index contributed by atoms with van der Waals surface area (Å²) in [5, 5.41) is 0. The molecule has 4 nitrogen and oxygen atoms in total. The van der Waals surface area contributed by atoms with Gasteiger partial charge in [-0.25, -0.2) is 0 Å². The number of carbonyl (C=O) groups excluding carboxylic acids is 1. The number of hydrogen-bond donors (Lipinski definition) is 0. The molecule has 0 amide bonds. The van der Waals surface area contributed by atoms with Crippen LogP contribution in [-0.4, -0.2) is 32.7 Å². The van der Waals surface area contributed by atoms with Gasteiger partial charge in [0.1, 0.15) is 18.6 Å². The van der Waals surface area contributed by atoms with Gasteiger partial charge in [-0.1, -0.05) is 18.2 Å². The van der Waals surface area contributed by atoms with Crippen LogP contribution in [0.3, 0.4) is 0 Å². The van der Waals surface area contributed by atoms with Gasteiger partial charge in [0.2, 0.25) is 0 Å². The van der Waals surface area contributed by atoms with Gasteiger partial charge in [-0.05, 0) is 53.8 Å². The molecule has 4 heteroatoms. The molecule has 3 rings (SSSR count). The smallest absolute Gasteiger partial charge is 0.150 e. The topological polar surface area (TPSA) is 44.8 Å². The van der Waals surface area contributed by atoms with E-state index in [-0.39, 0.29) is 0 Å². The van der Waals surface area contributed by atoms with Crippen molar-refractivity contribution in [1.82, 2.24) is 0 Å². The van der Waals surface area contributed by atoms with Crippen LogP contribution in [0.4, 0.5) is 0 Å². The van der Waals surface area contributed by atoms with E-state index < -0.39 is 0 Å². The zero-order chi connectivity index (χ0) is 16.8. The summed E-state index contributed by atoms with van der Waals surface area (Å²) < 4.78 is 16.9. The largest absolute Gasteiger partial charge is 0.491 e. The zero-order valence-electron chi connectivity index (χ0n) is 13.9. The summed E-state index contributed by atoms with van der Waals surface area (Å²) >= 11 is 0. The summed E-state index contributed by atoms with van der Waals surface area (Å²) in [6.07, 6.45) is 7.53. The summed E-state index contributed by atoms with van der Waals surface area (Å²) in [5.74, 6) is 0.812. The van der Waals surface area contributed by atoms with E-state index in [1.165, 1.54) is 5.57 Å². The second-order valence-electron chi connectivity index (χ2n) is 5.74. The van der Waals surface area contributed by atoms with Crippen LogP contribution < -0.4 is 4.74 Å². The maximum Gasteiger partial charge on any atom is 0.150 e. The fourth-order valence-corrected chi connectivity index (χ4v) is 2.93. The molecule has 0 N–H and O–H groups in total. The molecule has 0 bridgehead atoms. The monoisotopic (exact) mass is 326 g/mol. The van der Waals surface area contributed by atoms with Crippen LogP contribution in [0.25, 0.3) is 5.57 Å². The standard InChI is InChI=1S/C20H22O4/c1-2-22-8-9-24-18-6-7-19-17(11-18)14-23-13-16-5-3-4-15(12-21)10-20(16)19/h3-4,6-7,10-12H,2,5,8-9,13-14H2,1H3. The van der Waals surface area contributed by atoms with E-state index in [1.807, 2.05) is 37.3 Å². The molecule has 0 atom stereocenters. The van der Waals surface area contributed by atoms with E-state index in [0.717, 1.165) is 35.2 Å². The third-order valence-electron chi connectivity index (χ3n) is 4.10. The van der Waals surface area contributed by atoms with Crippen LogP contribution in [-0.2, 0) is 20.9 Å². The molecule has 1 aliphatic carbocycles. The highest BCUT2D eigenvalue weighted by molar-refractivity contribution is 5.89. The minimum atomic E-state index is 0.528. The van der Waals surface area contributed by atoms with Crippen LogP contribution in [0.15, 0.2) is 47.6 Å². The molecule has 0 radical (unpaired) electrons. The van der Waals surface area contributed by atoms with E-state index >= 15 is 0 Å². The van der Waals surface area contributed by atoms with Crippen LogP contribution in [0.2, 0.25) is 0 Å². The lowest BCUT2D eigenvalue weighted by Gasteiger charge is -2.12. The first kappa shape index (κ1) is 16.7. The first-order valence-electron chi connectivity index (χ1n) is 8.29. The molecule has 0 aromatic heterocycles. The molecule has 126 valence electrons. The van der Waals surface area contributed by atoms with E-state index in [9.17, 15) is 4.79 Å². The van der Waals surface area contributed by atoms with Crippen LogP contribution in [0, 0.1) is 0 Å². The third-order valence-corrected chi connectivity index (χ3v) is 4.10. The van der Waals surface area contributed by atoms with Crippen LogP contribution in [0.1, 0.15) is 24.5 Å². The predicted molar refractivity (Wildman–Crippen MR) is 92.9 cm³/mol. The molecule has 0 fully saturated rings. The Kier molecular flexibility index (Phi) is 5.62. The average molecular weight is 326 g/mol. The first-order valence-corrected chi connectivity index (χ1v) is 8.29. The molecule has 0 saturated heterocycles. The lowest BCUT2D eigenvalue weighted by atomic mass is 9.94. The molecule has 0 unspecified atom stereocenters. The molecule has 0 saturated carbocycles. The van der Waals surface area contributed by atoms with E-state index in [0.29, 0.717) is 38.6 Å². The Balaban J connectivity index is 1.87. The maximum absolute atomic E-state index is 11.2. The Morgan fingerprint density at radius 3 is 3.00 bits per heavy atom. The van der Waals surface area contributed by atoms with Gasteiger partial charge in [-0.2, -0.15) is 0 Å². The van der Waals surface area contributed by atoms with Crippen molar-refractivity contribution in [3.63, 3.8) is 0 Å². The van der Waals surface area contributed by atoms with Gasteiger partial charge in [0.05, 0.1) is 19.8 Å². The quantitative estimate of drug-likeness (QED) is 0.593. The molecule has 0 spiro atoms. The number of hydrogen-bond acceptors (Lipinski definition) is 4. The third kappa shape index (κ3) is 3.83. The molecule has 24 heavy (non-hydrogen) atoms. The highest BCUT2D eigenvalue weighted by atomic mass is 16.5. The Morgan fingerprint density at radius 1 is 1.25 bits per heavy atom. The summed E-state index contributed by atoms with van der Waals surface area (Å²) in [6.45, 7) is 4.89. The predicted octanol–water partition coefficient (Wildman–Crippen LogP) is 3.47. The van der Waals surface area contributed by atoms with E-state index in [4.69, 9.17) is 14.2 Å². The van der Waals surface area contributed by atoms with Gasteiger partial charge in [0.25, 0.3) is 0 Å². The molecule has 1 aliphatic heterocycles.